The number of hydrogen-bond donors (Lipinski definition) is 1. The number of ether oxygens (including phenoxy) is 2. The van der Waals surface area contributed by atoms with Crippen molar-refractivity contribution in [2.45, 2.75) is 25.0 Å². The number of esters is 1. The molecular formula is C19H20N2O5. The van der Waals surface area contributed by atoms with Crippen LogP contribution in [0.2, 0.25) is 0 Å². The number of carbonyl (C=O) groups excluding carboxylic acids is 1. The van der Waals surface area contributed by atoms with Crippen LogP contribution in [0.3, 0.4) is 0 Å². The van der Waals surface area contributed by atoms with Crippen LogP contribution in [-0.4, -0.2) is 30.7 Å². The number of carbonyl (C=O) groups is 1. The standard InChI is InChI=1S/C19H20N2O5/c1-25-19(22)14-7-8-17(21(23)24)16(11-14)20-15-9-10-26-18(12-15)13-5-3-2-4-6-13/h2-8,11,15,18,20H,9-10,12H2,1H3. The zero-order valence-corrected chi connectivity index (χ0v) is 14.4. The van der Waals surface area contributed by atoms with Crippen molar-refractivity contribution in [3.63, 3.8) is 0 Å². The molecule has 1 saturated heterocycles. The number of hydrogen-bond acceptors (Lipinski definition) is 6. The van der Waals surface area contributed by atoms with Crippen LogP contribution in [0.5, 0.6) is 0 Å². The molecule has 1 aliphatic heterocycles. The van der Waals surface area contributed by atoms with Crippen molar-refractivity contribution in [3.05, 3.63) is 69.8 Å². The molecule has 0 saturated carbocycles. The van der Waals surface area contributed by atoms with Crippen LogP contribution in [0.25, 0.3) is 0 Å². The molecule has 0 aliphatic carbocycles. The lowest BCUT2D eigenvalue weighted by Crippen LogP contribution is -2.30. The number of benzene rings is 2. The van der Waals surface area contributed by atoms with Gasteiger partial charge in [0.2, 0.25) is 0 Å². The maximum atomic E-state index is 11.7. The highest BCUT2D eigenvalue weighted by molar-refractivity contribution is 5.91. The second-order valence-electron chi connectivity index (χ2n) is 6.12. The molecule has 0 spiro atoms. The molecule has 2 atom stereocenters. The van der Waals surface area contributed by atoms with Gasteiger partial charge < -0.3 is 14.8 Å². The molecule has 136 valence electrons. The molecule has 0 aromatic heterocycles. The van der Waals surface area contributed by atoms with Gasteiger partial charge in [0.15, 0.2) is 0 Å². The minimum absolute atomic E-state index is 0.000512. The molecule has 0 radical (unpaired) electrons. The molecule has 2 unspecified atom stereocenters. The molecule has 7 nitrogen and oxygen atoms in total. The van der Waals surface area contributed by atoms with Gasteiger partial charge in [-0.2, -0.15) is 0 Å². The smallest absolute Gasteiger partial charge is 0.337 e. The van der Waals surface area contributed by atoms with Crippen LogP contribution < -0.4 is 5.32 Å². The molecule has 0 amide bonds. The van der Waals surface area contributed by atoms with Crippen molar-refractivity contribution < 1.29 is 19.2 Å². The zero-order chi connectivity index (χ0) is 18.5. The maximum absolute atomic E-state index is 11.7. The third kappa shape index (κ3) is 4.00. The number of nitrogens with one attached hydrogen (secondary N) is 1. The Balaban J connectivity index is 1.80. The molecule has 1 heterocycles. The number of methoxy groups -OCH3 is 1. The quantitative estimate of drug-likeness (QED) is 0.499. The summed E-state index contributed by atoms with van der Waals surface area (Å²) in [7, 11) is 1.28. The summed E-state index contributed by atoms with van der Waals surface area (Å²) in [6.07, 6.45) is 1.34. The van der Waals surface area contributed by atoms with Gasteiger partial charge in [0.05, 0.1) is 23.7 Å². The van der Waals surface area contributed by atoms with Gasteiger partial charge in [0.1, 0.15) is 5.69 Å². The highest BCUT2D eigenvalue weighted by Gasteiger charge is 2.26. The van der Waals surface area contributed by atoms with E-state index >= 15 is 0 Å². The molecule has 1 N–H and O–H groups in total. The van der Waals surface area contributed by atoms with E-state index in [9.17, 15) is 14.9 Å². The van der Waals surface area contributed by atoms with E-state index in [-0.39, 0.29) is 23.4 Å². The summed E-state index contributed by atoms with van der Waals surface area (Å²) >= 11 is 0. The monoisotopic (exact) mass is 356 g/mol. The summed E-state index contributed by atoms with van der Waals surface area (Å²) in [5.41, 5.74) is 1.60. The molecular weight excluding hydrogens is 336 g/mol. The van der Waals surface area contributed by atoms with E-state index in [2.05, 4.69) is 5.32 Å². The van der Waals surface area contributed by atoms with E-state index in [4.69, 9.17) is 9.47 Å². The summed E-state index contributed by atoms with van der Waals surface area (Å²) in [4.78, 5) is 22.6. The second-order valence-corrected chi connectivity index (χ2v) is 6.12. The summed E-state index contributed by atoms with van der Waals surface area (Å²) in [6, 6.07) is 14.1. The lowest BCUT2D eigenvalue weighted by molar-refractivity contribution is -0.384. The van der Waals surface area contributed by atoms with Crippen molar-refractivity contribution in [2.75, 3.05) is 19.0 Å². The van der Waals surface area contributed by atoms with Crippen LogP contribution in [0.1, 0.15) is 34.9 Å². The van der Waals surface area contributed by atoms with Gasteiger partial charge in [-0.3, -0.25) is 10.1 Å². The number of anilines is 1. The largest absolute Gasteiger partial charge is 0.465 e. The van der Waals surface area contributed by atoms with E-state index < -0.39 is 10.9 Å². The Bertz CT molecular complexity index is 794. The van der Waals surface area contributed by atoms with Crippen LogP contribution in [0, 0.1) is 10.1 Å². The summed E-state index contributed by atoms with van der Waals surface area (Å²) in [5, 5.41) is 14.5. The van der Waals surface area contributed by atoms with E-state index in [0.29, 0.717) is 18.7 Å². The Hall–Kier alpha value is -2.93. The van der Waals surface area contributed by atoms with Crippen LogP contribution in [0.15, 0.2) is 48.5 Å². The molecule has 2 aromatic rings. The molecule has 2 aromatic carbocycles. The third-order valence-corrected chi connectivity index (χ3v) is 4.43. The molecule has 1 aliphatic rings. The third-order valence-electron chi connectivity index (χ3n) is 4.43. The van der Waals surface area contributed by atoms with Gasteiger partial charge >= 0.3 is 5.97 Å². The van der Waals surface area contributed by atoms with Crippen LogP contribution in [0.4, 0.5) is 11.4 Å². The Morgan fingerprint density at radius 1 is 1.27 bits per heavy atom. The first-order valence-corrected chi connectivity index (χ1v) is 8.38. The van der Waals surface area contributed by atoms with Gasteiger partial charge in [-0.15, -0.1) is 0 Å². The minimum Gasteiger partial charge on any atom is -0.465 e. The van der Waals surface area contributed by atoms with Gasteiger partial charge in [0.25, 0.3) is 5.69 Å². The molecule has 0 bridgehead atoms. The number of nitro groups is 1. The van der Waals surface area contributed by atoms with Crippen molar-refractivity contribution in [1.82, 2.24) is 0 Å². The van der Waals surface area contributed by atoms with Gasteiger partial charge in [-0.1, -0.05) is 30.3 Å². The SMILES string of the molecule is COC(=O)c1ccc([N+](=O)[O-])c(NC2CCOC(c3ccccc3)C2)c1. The maximum Gasteiger partial charge on any atom is 0.337 e. The molecule has 3 rings (SSSR count). The Labute approximate surface area is 151 Å². The topological polar surface area (TPSA) is 90.7 Å². The average molecular weight is 356 g/mol. The lowest BCUT2D eigenvalue weighted by atomic mass is 9.97. The van der Waals surface area contributed by atoms with Crippen molar-refractivity contribution in [3.8, 4) is 0 Å². The highest BCUT2D eigenvalue weighted by Crippen LogP contribution is 2.32. The molecule has 7 heteroatoms. The number of rotatable bonds is 5. The van der Waals surface area contributed by atoms with E-state index in [1.165, 1.54) is 25.3 Å². The fraction of sp³-hybridized carbons (Fsp3) is 0.316. The fourth-order valence-electron chi connectivity index (χ4n) is 3.10. The Morgan fingerprint density at radius 3 is 2.73 bits per heavy atom. The van der Waals surface area contributed by atoms with Gasteiger partial charge in [-0.25, -0.2) is 4.79 Å². The first-order valence-electron chi connectivity index (χ1n) is 8.38. The first-order chi connectivity index (χ1) is 12.6. The van der Waals surface area contributed by atoms with Crippen molar-refractivity contribution in [2.24, 2.45) is 0 Å². The summed E-state index contributed by atoms with van der Waals surface area (Å²) in [5.74, 6) is -0.530. The minimum atomic E-state index is -0.530. The Morgan fingerprint density at radius 2 is 2.04 bits per heavy atom. The van der Waals surface area contributed by atoms with Gasteiger partial charge in [-0.05, 0) is 30.5 Å². The predicted octanol–water partition coefficient (Wildman–Crippen LogP) is 3.71. The molecule has 26 heavy (non-hydrogen) atoms. The number of nitrogens with zero attached hydrogens (tertiary/aromatic N) is 1. The Kier molecular flexibility index (Phi) is 5.48. The van der Waals surface area contributed by atoms with Crippen LogP contribution >= 0.6 is 0 Å². The number of nitro benzene ring substituents is 1. The fourth-order valence-corrected chi connectivity index (χ4v) is 3.10. The summed E-state index contributed by atoms with van der Waals surface area (Å²) < 4.78 is 10.5. The van der Waals surface area contributed by atoms with E-state index in [1.54, 1.807) is 0 Å². The van der Waals surface area contributed by atoms with E-state index in [0.717, 1.165) is 12.0 Å². The lowest BCUT2D eigenvalue weighted by Gasteiger charge is -2.31. The molecule has 1 fully saturated rings. The predicted molar refractivity (Wildman–Crippen MR) is 96.2 cm³/mol. The van der Waals surface area contributed by atoms with E-state index in [1.807, 2.05) is 30.3 Å². The van der Waals surface area contributed by atoms with Crippen molar-refractivity contribution >= 4 is 17.3 Å². The second kappa shape index (κ2) is 7.97. The van der Waals surface area contributed by atoms with Gasteiger partial charge in [0, 0.05) is 18.7 Å². The van der Waals surface area contributed by atoms with Crippen molar-refractivity contribution in [1.29, 1.82) is 0 Å². The normalized spacial score (nSPS) is 19.6. The summed E-state index contributed by atoms with van der Waals surface area (Å²) in [6.45, 7) is 0.557. The first kappa shape index (κ1) is 17.9. The zero-order valence-electron chi connectivity index (χ0n) is 14.4. The highest BCUT2D eigenvalue weighted by atomic mass is 16.6. The average Bonchev–Trinajstić information content (AvgIpc) is 2.68. The van der Waals surface area contributed by atoms with Crippen LogP contribution in [-0.2, 0) is 9.47 Å².